The van der Waals surface area contributed by atoms with E-state index in [-0.39, 0.29) is 10.6 Å². The molecule has 0 spiro atoms. The van der Waals surface area contributed by atoms with Crippen LogP contribution < -0.4 is 19.2 Å². The number of benzene rings is 3. The number of carbonyl (C=O) groups is 1. The van der Waals surface area contributed by atoms with Crippen LogP contribution in [0.4, 0.5) is 10.1 Å². The number of carbonyl (C=O) groups excluding carboxylic acids is 1. The summed E-state index contributed by atoms with van der Waals surface area (Å²) in [4.78, 5) is 12.8. The Labute approximate surface area is 204 Å². The lowest BCUT2D eigenvalue weighted by molar-refractivity contribution is -0.119. The van der Waals surface area contributed by atoms with Crippen LogP contribution >= 0.6 is 0 Å². The maximum Gasteiger partial charge on any atom is 0.264 e. The number of sulfonamides is 1. The molecule has 3 aromatic carbocycles. The molecule has 10 heteroatoms. The van der Waals surface area contributed by atoms with Crippen LogP contribution in [-0.2, 0) is 14.8 Å². The Kier molecular flexibility index (Phi) is 8.08. The molecule has 0 radical (unpaired) electrons. The molecule has 0 bridgehead atoms. The number of anilines is 1. The van der Waals surface area contributed by atoms with E-state index in [2.05, 4.69) is 10.5 Å². The Morgan fingerprint density at radius 3 is 2.20 bits per heavy atom. The van der Waals surface area contributed by atoms with Crippen molar-refractivity contribution in [3.63, 3.8) is 0 Å². The van der Waals surface area contributed by atoms with Crippen LogP contribution in [-0.4, -0.2) is 40.8 Å². The smallest absolute Gasteiger partial charge is 0.264 e. The first-order valence-electron chi connectivity index (χ1n) is 10.6. The Bertz CT molecular complexity index is 1320. The minimum absolute atomic E-state index is 0.0247. The molecule has 184 valence electrons. The third-order valence-electron chi connectivity index (χ3n) is 5.16. The minimum Gasteiger partial charge on any atom is -0.493 e. The fourth-order valence-electron chi connectivity index (χ4n) is 3.20. The Morgan fingerprint density at radius 1 is 0.971 bits per heavy atom. The van der Waals surface area contributed by atoms with E-state index in [1.54, 1.807) is 25.1 Å². The van der Waals surface area contributed by atoms with Crippen molar-refractivity contribution in [2.45, 2.75) is 18.7 Å². The lowest BCUT2D eigenvalue weighted by atomic mass is 10.1. The fourth-order valence-corrected chi connectivity index (χ4v) is 4.61. The predicted octanol–water partition coefficient (Wildman–Crippen LogP) is 3.89. The van der Waals surface area contributed by atoms with Gasteiger partial charge >= 0.3 is 0 Å². The number of nitrogens with one attached hydrogen (secondary N) is 1. The van der Waals surface area contributed by atoms with Gasteiger partial charge in [-0.3, -0.25) is 9.10 Å². The highest BCUT2D eigenvalue weighted by atomic mass is 32.2. The molecule has 8 nitrogen and oxygen atoms in total. The normalized spacial score (nSPS) is 11.6. The maximum absolute atomic E-state index is 13.5. The van der Waals surface area contributed by atoms with Crippen LogP contribution in [0.25, 0.3) is 0 Å². The van der Waals surface area contributed by atoms with Crippen molar-refractivity contribution >= 4 is 27.3 Å². The summed E-state index contributed by atoms with van der Waals surface area (Å²) in [5.41, 5.74) is 4.51. The highest BCUT2D eigenvalue weighted by Crippen LogP contribution is 2.33. The van der Waals surface area contributed by atoms with Crippen LogP contribution in [0.15, 0.2) is 76.7 Å². The van der Waals surface area contributed by atoms with Crippen molar-refractivity contribution in [3.8, 4) is 11.5 Å². The van der Waals surface area contributed by atoms with Gasteiger partial charge < -0.3 is 9.47 Å². The SMILES string of the molecule is COc1ccc(N(CC(=O)N/N=C(/C)c2ccc(F)cc2)S(=O)(=O)c2ccc(C)cc2)cc1OC. The summed E-state index contributed by atoms with van der Waals surface area (Å²) < 4.78 is 51.7. The molecule has 0 aliphatic rings. The average molecular weight is 500 g/mol. The summed E-state index contributed by atoms with van der Waals surface area (Å²) in [5, 5.41) is 4.03. The molecule has 0 fully saturated rings. The maximum atomic E-state index is 13.5. The number of methoxy groups -OCH3 is 2. The quantitative estimate of drug-likeness (QED) is 0.356. The molecule has 35 heavy (non-hydrogen) atoms. The number of halogens is 1. The number of aryl methyl sites for hydroxylation is 1. The molecule has 0 unspecified atom stereocenters. The van der Waals surface area contributed by atoms with Crippen LogP contribution in [0.3, 0.4) is 0 Å². The molecule has 3 aromatic rings. The first-order valence-corrected chi connectivity index (χ1v) is 12.0. The number of hydrogen-bond acceptors (Lipinski definition) is 6. The van der Waals surface area contributed by atoms with Gasteiger partial charge in [-0.2, -0.15) is 5.10 Å². The number of amides is 1. The van der Waals surface area contributed by atoms with E-state index in [0.717, 1.165) is 9.87 Å². The molecule has 0 heterocycles. The number of hydrazone groups is 1. The molecule has 0 saturated heterocycles. The van der Waals surface area contributed by atoms with E-state index in [4.69, 9.17) is 9.47 Å². The van der Waals surface area contributed by atoms with Gasteiger partial charge in [-0.05, 0) is 55.8 Å². The zero-order valence-corrected chi connectivity index (χ0v) is 20.6. The van der Waals surface area contributed by atoms with E-state index < -0.39 is 28.3 Å². The van der Waals surface area contributed by atoms with Gasteiger partial charge in [0.1, 0.15) is 12.4 Å². The lowest BCUT2D eigenvalue weighted by Gasteiger charge is -2.24. The van der Waals surface area contributed by atoms with E-state index in [9.17, 15) is 17.6 Å². The zero-order valence-electron chi connectivity index (χ0n) is 19.8. The summed E-state index contributed by atoms with van der Waals surface area (Å²) in [6.45, 7) is 2.94. The third kappa shape index (κ3) is 6.15. The standard InChI is InChI=1S/C25H26FN3O5S/c1-17-5-12-22(13-6-17)35(31,32)29(21-11-14-23(33-3)24(15-21)34-4)16-25(30)28-27-18(2)19-7-9-20(26)10-8-19/h5-15H,16H2,1-4H3,(H,28,30)/b27-18-. The van der Waals surface area contributed by atoms with E-state index in [1.165, 1.54) is 62.8 Å². The van der Waals surface area contributed by atoms with Crippen molar-refractivity contribution in [3.05, 3.63) is 83.7 Å². The van der Waals surface area contributed by atoms with Crippen molar-refractivity contribution in [1.82, 2.24) is 5.43 Å². The van der Waals surface area contributed by atoms with Crippen molar-refractivity contribution in [2.75, 3.05) is 25.1 Å². The van der Waals surface area contributed by atoms with Crippen LogP contribution in [0.1, 0.15) is 18.1 Å². The van der Waals surface area contributed by atoms with Gasteiger partial charge in [0.2, 0.25) is 0 Å². The number of rotatable bonds is 9. The van der Waals surface area contributed by atoms with Gasteiger partial charge in [0.25, 0.3) is 15.9 Å². The highest BCUT2D eigenvalue weighted by Gasteiger charge is 2.28. The molecule has 0 aromatic heterocycles. The Balaban J connectivity index is 1.93. The zero-order chi connectivity index (χ0) is 25.6. The monoisotopic (exact) mass is 499 g/mol. The first kappa shape index (κ1) is 25.7. The second-order valence-electron chi connectivity index (χ2n) is 7.60. The molecule has 3 rings (SSSR count). The highest BCUT2D eigenvalue weighted by molar-refractivity contribution is 7.92. The summed E-state index contributed by atoms with van der Waals surface area (Å²) in [5.74, 6) is -0.345. The van der Waals surface area contributed by atoms with Crippen molar-refractivity contribution in [2.24, 2.45) is 5.10 Å². The van der Waals surface area contributed by atoms with Crippen molar-refractivity contribution in [1.29, 1.82) is 0 Å². The minimum atomic E-state index is -4.12. The second kappa shape index (κ2) is 11.0. The Hall–Kier alpha value is -3.92. The largest absolute Gasteiger partial charge is 0.493 e. The van der Waals surface area contributed by atoms with Crippen LogP contribution in [0, 0.1) is 12.7 Å². The summed E-state index contributed by atoms with van der Waals surface area (Å²) in [7, 11) is -1.22. The van der Waals surface area contributed by atoms with Gasteiger partial charge in [0, 0.05) is 6.07 Å². The fraction of sp³-hybridized carbons (Fsp3) is 0.200. The van der Waals surface area contributed by atoms with Gasteiger partial charge in [-0.15, -0.1) is 0 Å². The van der Waals surface area contributed by atoms with Crippen LogP contribution in [0.2, 0.25) is 0 Å². The average Bonchev–Trinajstić information content (AvgIpc) is 2.86. The van der Waals surface area contributed by atoms with Gasteiger partial charge in [0.15, 0.2) is 11.5 Å². The molecule has 0 atom stereocenters. The molecule has 1 amide bonds. The number of hydrogen-bond donors (Lipinski definition) is 1. The molecule has 0 saturated carbocycles. The van der Waals surface area contributed by atoms with E-state index in [1.807, 2.05) is 6.92 Å². The second-order valence-corrected chi connectivity index (χ2v) is 9.47. The molecule has 1 N–H and O–H groups in total. The first-order chi connectivity index (χ1) is 16.6. The molecule has 0 aliphatic carbocycles. The summed E-state index contributed by atoms with van der Waals surface area (Å²) in [6, 6.07) is 16.5. The van der Waals surface area contributed by atoms with Crippen LogP contribution in [0.5, 0.6) is 11.5 Å². The van der Waals surface area contributed by atoms with Gasteiger partial charge in [-0.25, -0.2) is 18.2 Å². The lowest BCUT2D eigenvalue weighted by Crippen LogP contribution is -2.39. The number of nitrogens with zero attached hydrogens (tertiary/aromatic N) is 2. The van der Waals surface area contributed by atoms with E-state index in [0.29, 0.717) is 22.8 Å². The molecular formula is C25H26FN3O5S. The number of ether oxygens (including phenoxy) is 2. The third-order valence-corrected chi connectivity index (χ3v) is 6.95. The van der Waals surface area contributed by atoms with E-state index >= 15 is 0 Å². The summed E-state index contributed by atoms with van der Waals surface area (Å²) >= 11 is 0. The van der Waals surface area contributed by atoms with Gasteiger partial charge in [-0.1, -0.05) is 29.8 Å². The predicted molar refractivity (Wildman–Crippen MR) is 132 cm³/mol. The summed E-state index contributed by atoms with van der Waals surface area (Å²) in [6.07, 6.45) is 0. The topological polar surface area (TPSA) is 97.3 Å². The Morgan fingerprint density at radius 2 is 1.60 bits per heavy atom. The molecule has 0 aliphatic heterocycles. The van der Waals surface area contributed by atoms with Crippen molar-refractivity contribution < 1.29 is 27.1 Å². The molecular weight excluding hydrogens is 473 g/mol. The van der Waals surface area contributed by atoms with Gasteiger partial charge in [0.05, 0.1) is 30.5 Å².